The van der Waals surface area contributed by atoms with Gasteiger partial charge in [0.15, 0.2) is 0 Å². The molecule has 0 bridgehead atoms. The van der Waals surface area contributed by atoms with Crippen LogP contribution in [-0.4, -0.2) is 28.9 Å². The summed E-state index contributed by atoms with van der Waals surface area (Å²) < 4.78 is 2.27. The number of nitrogens with zero attached hydrogens (tertiary/aromatic N) is 4. The maximum Gasteiger partial charge on any atom is 0.127 e. The van der Waals surface area contributed by atoms with Crippen LogP contribution in [0.1, 0.15) is 62.6 Å². The number of hydrogen-bond acceptors (Lipinski definition) is 3. The van der Waals surface area contributed by atoms with Gasteiger partial charge in [-0.1, -0.05) is 19.3 Å². The number of anilines is 1. The third kappa shape index (κ3) is 2.99. The number of rotatable bonds is 4. The molecule has 4 nitrogen and oxygen atoms in total. The molecule has 2 aromatic rings. The van der Waals surface area contributed by atoms with Crippen molar-refractivity contribution in [1.82, 2.24) is 14.8 Å². The number of pyridine rings is 1. The molecular formula is C19H26N4. The summed E-state index contributed by atoms with van der Waals surface area (Å²) in [5.41, 5.74) is 3.81. The predicted molar refractivity (Wildman–Crippen MR) is 93.9 cm³/mol. The molecule has 0 amide bonds. The van der Waals surface area contributed by atoms with Crippen LogP contribution in [-0.2, 0) is 0 Å². The molecule has 0 aromatic carbocycles. The minimum absolute atomic E-state index is 0.601. The van der Waals surface area contributed by atoms with E-state index >= 15 is 0 Å². The summed E-state index contributed by atoms with van der Waals surface area (Å²) in [6.07, 6.45) is 13.5. The van der Waals surface area contributed by atoms with Gasteiger partial charge in [0.2, 0.25) is 0 Å². The van der Waals surface area contributed by atoms with Crippen LogP contribution >= 0.6 is 0 Å². The van der Waals surface area contributed by atoms with E-state index in [0.717, 1.165) is 5.82 Å². The summed E-state index contributed by atoms with van der Waals surface area (Å²) in [4.78, 5) is 6.62. The van der Waals surface area contributed by atoms with Crippen LogP contribution in [0.4, 0.5) is 5.82 Å². The van der Waals surface area contributed by atoms with E-state index in [4.69, 9.17) is 5.10 Å². The fraction of sp³-hybridized carbons (Fsp3) is 0.579. The van der Waals surface area contributed by atoms with Gasteiger partial charge in [-0.05, 0) is 37.8 Å². The van der Waals surface area contributed by atoms with Gasteiger partial charge in [-0.2, -0.15) is 5.10 Å². The molecule has 2 aliphatic rings. The molecule has 4 heteroatoms. The molecule has 2 aromatic heterocycles. The van der Waals surface area contributed by atoms with Crippen LogP contribution in [0, 0.1) is 0 Å². The fourth-order valence-electron chi connectivity index (χ4n) is 3.63. The van der Waals surface area contributed by atoms with E-state index in [1.54, 1.807) is 0 Å². The Kier molecular flexibility index (Phi) is 3.83. The van der Waals surface area contributed by atoms with E-state index in [1.165, 1.54) is 61.8 Å². The highest BCUT2D eigenvalue weighted by molar-refractivity contribution is 5.67. The van der Waals surface area contributed by atoms with E-state index in [1.807, 2.05) is 25.2 Å². The maximum absolute atomic E-state index is 5.01. The lowest BCUT2D eigenvalue weighted by Gasteiger charge is -2.21. The topological polar surface area (TPSA) is 34.0 Å². The van der Waals surface area contributed by atoms with Gasteiger partial charge in [0.25, 0.3) is 0 Å². The molecule has 122 valence electrons. The first-order valence-electron chi connectivity index (χ1n) is 8.95. The van der Waals surface area contributed by atoms with Crippen LogP contribution < -0.4 is 4.90 Å². The van der Waals surface area contributed by atoms with Gasteiger partial charge in [-0.25, -0.2) is 4.98 Å². The zero-order valence-electron chi connectivity index (χ0n) is 14.2. The number of hydrogen-bond donors (Lipinski definition) is 0. The van der Waals surface area contributed by atoms with E-state index in [-0.39, 0.29) is 0 Å². The Morgan fingerprint density at radius 1 is 1.04 bits per heavy atom. The average Bonchev–Trinajstić information content (AvgIpc) is 3.34. The molecule has 23 heavy (non-hydrogen) atoms. The molecule has 0 unspecified atom stereocenters. The predicted octanol–water partition coefficient (Wildman–Crippen LogP) is 4.39. The van der Waals surface area contributed by atoms with E-state index in [0.29, 0.717) is 12.0 Å². The first-order valence-corrected chi connectivity index (χ1v) is 8.95. The Morgan fingerprint density at radius 2 is 1.83 bits per heavy atom. The maximum atomic E-state index is 5.01. The molecule has 0 spiro atoms. The van der Waals surface area contributed by atoms with Gasteiger partial charge in [0.1, 0.15) is 5.82 Å². The molecule has 0 atom stereocenters. The van der Waals surface area contributed by atoms with E-state index < -0.39 is 0 Å². The molecule has 0 saturated heterocycles. The first-order chi connectivity index (χ1) is 11.2. The van der Waals surface area contributed by atoms with Crippen molar-refractivity contribution in [2.45, 2.75) is 56.9 Å². The molecule has 2 heterocycles. The first kappa shape index (κ1) is 14.7. The summed E-state index contributed by atoms with van der Waals surface area (Å²) in [5, 5.41) is 5.01. The van der Waals surface area contributed by atoms with Crippen molar-refractivity contribution in [3.8, 4) is 11.1 Å². The third-order valence-electron chi connectivity index (χ3n) is 5.19. The Bertz CT molecular complexity index is 661. The van der Waals surface area contributed by atoms with Crippen molar-refractivity contribution < 1.29 is 0 Å². The highest BCUT2D eigenvalue weighted by atomic mass is 15.3. The smallest absolute Gasteiger partial charge is 0.127 e. The van der Waals surface area contributed by atoms with E-state index in [9.17, 15) is 0 Å². The summed E-state index contributed by atoms with van der Waals surface area (Å²) in [5.74, 6) is 1.67. The second-order valence-electron chi connectivity index (χ2n) is 7.27. The number of aromatic nitrogens is 3. The van der Waals surface area contributed by atoms with Gasteiger partial charge < -0.3 is 4.90 Å². The molecular weight excluding hydrogens is 284 g/mol. The van der Waals surface area contributed by atoms with Gasteiger partial charge in [-0.15, -0.1) is 0 Å². The lowest BCUT2D eigenvalue weighted by atomic mass is 9.96. The van der Waals surface area contributed by atoms with Crippen molar-refractivity contribution in [3.63, 3.8) is 0 Å². The van der Waals surface area contributed by atoms with Crippen molar-refractivity contribution in [3.05, 3.63) is 30.2 Å². The standard InChI is InChI=1S/C19H26N4/c1-22(2)18-11-10-15(12-20-18)17-13-23(16-6-4-3-5-7-16)21-19(17)14-8-9-14/h10-14,16H,3-9H2,1-2H3. The Hall–Kier alpha value is -1.84. The normalized spacial score (nSPS) is 19.0. The zero-order valence-corrected chi connectivity index (χ0v) is 14.2. The molecule has 2 fully saturated rings. The van der Waals surface area contributed by atoms with Gasteiger partial charge >= 0.3 is 0 Å². The quantitative estimate of drug-likeness (QED) is 0.839. The zero-order chi connectivity index (χ0) is 15.8. The lowest BCUT2D eigenvalue weighted by Crippen LogP contribution is -2.13. The van der Waals surface area contributed by atoms with Crippen molar-refractivity contribution in [1.29, 1.82) is 0 Å². The van der Waals surface area contributed by atoms with Gasteiger partial charge in [0.05, 0.1) is 11.7 Å². The highest BCUT2D eigenvalue weighted by Gasteiger charge is 2.31. The second-order valence-corrected chi connectivity index (χ2v) is 7.27. The SMILES string of the molecule is CN(C)c1ccc(-c2cn(C3CCCCC3)nc2C2CC2)cn1. The fourth-order valence-corrected chi connectivity index (χ4v) is 3.63. The molecule has 4 rings (SSSR count). The third-order valence-corrected chi connectivity index (χ3v) is 5.19. The Morgan fingerprint density at radius 3 is 2.43 bits per heavy atom. The second kappa shape index (κ2) is 5.99. The van der Waals surface area contributed by atoms with Crippen LogP contribution in [0.25, 0.3) is 11.1 Å². The summed E-state index contributed by atoms with van der Waals surface area (Å²) in [7, 11) is 4.05. The lowest BCUT2D eigenvalue weighted by molar-refractivity contribution is 0.328. The van der Waals surface area contributed by atoms with Crippen molar-refractivity contribution in [2.75, 3.05) is 19.0 Å². The summed E-state index contributed by atoms with van der Waals surface area (Å²) in [6, 6.07) is 4.89. The van der Waals surface area contributed by atoms with Gasteiger partial charge in [-0.3, -0.25) is 4.68 Å². The van der Waals surface area contributed by atoms with E-state index in [2.05, 4.69) is 28.0 Å². The van der Waals surface area contributed by atoms with Crippen LogP contribution in [0.15, 0.2) is 24.5 Å². The molecule has 2 aliphatic carbocycles. The van der Waals surface area contributed by atoms with Crippen molar-refractivity contribution >= 4 is 5.82 Å². The molecule has 0 N–H and O–H groups in total. The Labute approximate surface area is 138 Å². The minimum Gasteiger partial charge on any atom is -0.363 e. The molecule has 0 radical (unpaired) electrons. The monoisotopic (exact) mass is 310 g/mol. The van der Waals surface area contributed by atoms with Crippen LogP contribution in [0.3, 0.4) is 0 Å². The van der Waals surface area contributed by atoms with Crippen molar-refractivity contribution in [2.24, 2.45) is 0 Å². The summed E-state index contributed by atoms with van der Waals surface area (Å²) >= 11 is 0. The van der Waals surface area contributed by atoms with Crippen LogP contribution in [0.2, 0.25) is 0 Å². The summed E-state index contributed by atoms with van der Waals surface area (Å²) in [6.45, 7) is 0. The van der Waals surface area contributed by atoms with Crippen LogP contribution in [0.5, 0.6) is 0 Å². The molecule has 0 aliphatic heterocycles. The highest BCUT2D eigenvalue weighted by Crippen LogP contribution is 2.44. The van der Waals surface area contributed by atoms with Gasteiger partial charge in [0, 0.05) is 43.5 Å². The molecule has 2 saturated carbocycles. The minimum atomic E-state index is 0.601. The Balaban J connectivity index is 1.67. The largest absolute Gasteiger partial charge is 0.363 e. The average molecular weight is 310 g/mol.